The van der Waals surface area contributed by atoms with Crippen LogP contribution in [0.4, 0.5) is 0 Å². The van der Waals surface area contributed by atoms with Crippen LogP contribution in [0.25, 0.3) is 6.08 Å². The summed E-state index contributed by atoms with van der Waals surface area (Å²) in [5.41, 5.74) is 3.76. The number of nitrogens with one attached hydrogen (secondary N) is 2. The largest absolute Gasteiger partial charge is 0.504 e. The first-order valence-electron chi connectivity index (χ1n) is 16.6. The van der Waals surface area contributed by atoms with Gasteiger partial charge in [-0.25, -0.2) is 0 Å². The van der Waals surface area contributed by atoms with Crippen LogP contribution in [0.1, 0.15) is 105 Å². The average molecular weight is 575 g/mol. The molecule has 0 radical (unpaired) electrons. The Hall–Kier alpha value is -2.27. The molecule has 6 rings (SSSR count). The number of phenols is 2. The minimum Gasteiger partial charge on any atom is -0.504 e. The van der Waals surface area contributed by atoms with Gasteiger partial charge in [-0.3, -0.25) is 4.79 Å². The van der Waals surface area contributed by atoms with E-state index in [1.807, 2.05) is 0 Å². The van der Waals surface area contributed by atoms with E-state index in [0.717, 1.165) is 24.8 Å². The highest BCUT2D eigenvalue weighted by Gasteiger charge is 2.66. The second-order valence-corrected chi connectivity index (χ2v) is 16.4. The molecule has 0 unspecified atom stereocenters. The monoisotopic (exact) mass is 574 g/mol. The molecule has 5 heteroatoms. The maximum Gasteiger partial charge on any atom is 0.244 e. The summed E-state index contributed by atoms with van der Waals surface area (Å²) >= 11 is 0. The number of piperidine rings is 1. The van der Waals surface area contributed by atoms with E-state index in [0.29, 0.717) is 40.3 Å². The van der Waals surface area contributed by atoms with Crippen LogP contribution in [-0.4, -0.2) is 35.3 Å². The van der Waals surface area contributed by atoms with Crippen LogP contribution in [0.5, 0.6) is 11.5 Å². The van der Waals surface area contributed by atoms with Crippen LogP contribution in [-0.2, 0) is 4.79 Å². The zero-order valence-electron chi connectivity index (χ0n) is 26.9. The topological polar surface area (TPSA) is 81.6 Å². The van der Waals surface area contributed by atoms with Crippen molar-refractivity contribution in [3.05, 3.63) is 41.5 Å². The maximum atomic E-state index is 13.1. The third kappa shape index (κ3) is 4.55. The highest BCUT2D eigenvalue weighted by Crippen LogP contribution is 2.74. The molecule has 4 N–H and O–H groups in total. The summed E-state index contributed by atoms with van der Waals surface area (Å²) in [6.07, 6.45) is 17.1. The van der Waals surface area contributed by atoms with Gasteiger partial charge in [0.05, 0.1) is 0 Å². The van der Waals surface area contributed by atoms with Gasteiger partial charge in [-0.1, -0.05) is 52.3 Å². The molecular formula is C37H54N2O3. The van der Waals surface area contributed by atoms with Gasteiger partial charge in [0.1, 0.15) is 0 Å². The number of amides is 1. The van der Waals surface area contributed by atoms with E-state index in [9.17, 15) is 15.0 Å². The van der Waals surface area contributed by atoms with Crippen LogP contribution in [0.3, 0.4) is 0 Å². The molecule has 1 aromatic carbocycles. The van der Waals surface area contributed by atoms with Gasteiger partial charge in [-0.15, -0.1) is 0 Å². The van der Waals surface area contributed by atoms with E-state index in [1.54, 1.807) is 23.8 Å². The van der Waals surface area contributed by atoms with Gasteiger partial charge in [0.25, 0.3) is 0 Å². The summed E-state index contributed by atoms with van der Waals surface area (Å²) < 4.78 is 0. The molecule has 0 aromatic heterocycles. The van der Waals surface area contributed by atoms with Gasteiger partial charge < -0.3 is 20.8 Å². The number of allylic oxidation sites excluding steroid dienone is 2. The number of phenolic OH excluding ortho intramolecular Hbond substituents is 2. The zero-order valence-corrected chi connectivity index (χ0v) is 26.9. The predicted molar refractivity (Wildman–Crippen MR) is 170 cm³/mol. The van der Waals surface area contributed by atoms with Crippen LogP contribution in [0.15, 0.2) is 35.9 Å². The summed E-state index contributed by atoms with van der Waals surface area (Å²) in [4.78, 5) is 13.1. The smallest absolute Gasteiger partial charge is 0.244 e. The minimum absolute atomic E-state index is 0.0928. The summed E-state index contributed by atoms with van der Waals surface area (Å²) in [6.45, 7) is 17.1. The fourth-order valence-electron chi connectivity index (χ4n) is 11.1. The van der Waals surface area contributed by atoms with Gasteiger partial charge in [-0.05, 0) is 140 Å². The lowest BCUT2D eigenvalue weighted by Gasteiger charge is -2.70. The normalized spacial score (nSPS) is 42.5. The third-order valence-electron chi connectivity index (χ3n) is 13.9. The second kappa shape index (κ2) is 10.1. The highest BCUT2D eigenvalue weighted by atomic mass is 16.3. The van der Waals surface area contributed by atoms with Crippen molar-refractivity contribution in [1.82, 2.24) is 10.6 Å². The fraction of sp³-hybridized carbons (Fsp3) is 0.703. The Bertz CT molecular complexity index is 1300. The predicted octanol–water partition coefficient (Wildman–Crippen LogP) is 7.59. The van der Waals surface area contributed by atoms with E-state index in [1.165, 1.54) is 63.5 Å². The van der Waals surface area contributed by atoms with Crippen LogP contribution in [0, 0.1) is 44.8 Å². The molecule has 0 bridgehead atoms. The number of benzene rings is 1. The standard InChI is InChI=1S/C37H54N2O3/c1-24-26-13-14-36(6)31(34(26,4)19-20-38-24)11-9-27-28-22-33(2,3)15-17-37(28,18-16-35(27,36)5)23-39-32(42)12-8-25-7-10-29(40)30(41)21-25/h7-10,12,21,24,26,28,31,38,40-41H,11,13-20,22-23H2,1-6H3,(H,39,42)/b12-8+/t24-,26+,28+,31-,34+,35-,36-,37-/m1/s1. The van der Waals surface area contributed by atoms with Crippen molar-refractivity contribution in [3.8, 4) is 11.5 Å². The Morgan fingerprint density at radius 2 is 1.79 bits per heavy atom. The summed E-state index contributed by atoms with van der Waals surface area (Å²) in [6, 6.07) is 5.23. The van der Waals surface area contributed by atoms with Crippen LogP contribution < -0.4 is 10.6 Å². The molecule has 230 valence electrons. The van der Waals surface area contributed by atoms with Gasteiger partial charge in [0.2, 0.25) is 5.91 Å². The lowest BCUT2D eigenvalue weighted by atomic mass is 9.35. The molecule has 8 atom stereocenters. The lowest BCUT2D eigenvalue weighted by Crippen LogP contribution is -2.65. The molecule has 1 saturated heterocycles. The highest BCUT2D eigenvalue weighted by molar-refractivity contribution is 5.91. The lowest BCUT2D eigenvalue weighted by molar-refractivity contribution is -0.159. The Morgan fingerprint density at radius 3 is 2.55 bits per heavy atom. The van der Waals surface area contributed by atoms with E-state index in [4.69, 9.17) is 0 Å². The molecule has 4 fully saturated rings. The molecule has 1 aliphatic heterocycles. The zero-order chi connectivity index (χ0) is 30.1. The van der Waals surface area contributed by atoms with Crippen LogP contribution in [0.2, 0.25) is 0 Å². The maximum absolute atomic E-state index is 13.1. The first-order chi connectivity index (χ1) is 19.7. The Labute approximate surface area is 253 Å². The first-order valence-corrected chi connectivity index (χ1v) is 16.6. The average Bonchev–Trinajstić information content (AvgIpc) is 2.93. The Balaban J connectivity index is 1.27. The molecule has 1 aromatic rings. The SMILES string of the molecule is C[C@H]1NCC[C@]2(C)[C@H]3CC=C4[C@@H]5CC(C)(C)CC[C@]5(CNC(=O)/C=C/c5ccc(O)c(O)c5)CC[C@@]4(C)[C@]3(C)CC[C@@H]12. The van der Waals surface area contributed by atoms with Crippen molar-refractivity contribution in [2.75, 3.05) is 13.1 Å². The van der Waals surface area contributed by atoms with Crippen molar-refractivity contribution in [2.24, 2.45) is 44.8 Å². The number of fused-ring (bicyclic) bond motifs is 7. The number of carbonyl (C=O) groups excluding carboxylic acids is 1. The van der Waals surface area contributed by atoms with Gasteiger partial charge in [0, 0.05) is 18.7 Å². The molecule has 5 nitrogen and oxygen atoms in total. The molecule has 3 saturated carbocycles. The van der Waals surface area contributed by atoms with Crippen molar-refractivity contribution in [3.63, 3.8) is 0 Å². The fourth-order valence-corrected chi connectivity index (χ4v) is 11.1. The van der Waals surface area contributed by atoms with E-state index in [-0.39, 0.29) is 28.2 Å². The summed E-state index contributed by atoms with van der Waals surface area (Å²) in [5.74, 6) is 1.58. The third-order valence-corrected chi connectivity index (χ3v) is 13.9. The van der Waals surface area contributed by atoms with Gasteiger partial charge in [0.15, 0.2) is 11.5 Å². The molecule has 1 amide bonds. The quantitative estimate of drug-likeness (QED) is 0.170. The molecule has 42 heavy (non-hydrogen) atoms. The van der Waals surface area contributed by atoms with E-state index < -0.39 is 0 Å². The number of aromatic hydroxyl groups is 2. The Kier molecular flexibility index (Phi) is 7.19. The molecule has 1 heterocycles. The molecule has 5 aliphatic rings. The van der Waals surface area contributed by atoms with Gasteiger partial charge >= 0.3 is 0 Å². The number of hydrogen-bond donors (Lipinski definition) is 4. The number of rotatable bonds is 4. The van der Waals surface area contributed by atoms with E-state index in [2.05, 4.69) is 58.3 Å². The molecule has 0 spiro atoms. The van der Waals surface area contributed by atoms with Crippen molar-refractivity contribution >= 4 is 12.0 Å². The Morgan fingerprint density at radius 1 is 1.02 bits per heavy atom. The summed E-state index contributed by atoms with van der Waals surface area (Å²) in [5, 5.41) is 26.5. The number of carbonyl (C=O) groups is 1. The van der Waals surface area contributed by atoms with E-state index >= 15 is 0 Å². The van der Waals surface area contributed by atoms with Crippen molar-refractivity contribution in [1.29, 1.82) is 0 Å². The summed E-state index contributed by atoms with van der Waals surface area (Å²) in [7, 11) is 0. The number of hydrogen-bond acceptors (Lipinski definition) is 4. The van der Waals surface area contributed by atoms with Crippen molar-refractivity contribution < 1.29 is 15.0 Å². The molecular weight excluding hydrogens is 520 g/mol. The first kappa shape index (κ1) is 29.8. The molecule has 4 aliphatic carbocycles. The van der Waals surface area contributed by atoms with Crippen LogP contribution >= 0.6 is 0 Å². The second-order valence-electron chi connectivity index (χ2n) is 16.4. The minimum atomic E-state index is -0.178. The van der Waals surface area contributed by atoms with Gasteiger partial charge in [-0.2, -0.15) is 0 Å². The van der Waals surface area contributed by atoms with Crippen molar-refractivity contribution in [2.45, 2.75) is 105 Å².